The van der Waals surface area contributed by atoms with Crippen LogP contribution in [0.4, 0.5) is 0 Å². The van der Waals surface area contributed by atoms with Crippen LogP contribution in [0.3, 0.4) is 0 Å². The molecule has 1 atom stereocenters. The third-order valence-corrected chi connectivity index (χ3v) is 14.0. The van der Waals surface area contributed by atoms with Crippen LogP contribution in [0.25, 0.3) is 0 Å². The quantitative estimate of drug-likeness (QED) is 0.0261. The van der Waals surface area contributed by atoms with Crippen molar-refractivity contribution in [2.75, 3.05) is 13.2 Å². The van der Waals surface area contributed by atoms with Crippen LogP contribution in [0.1, 0.15) is 329 Å². The highest BCUT2D eigenvalue weighted by Crippen LogP contribution is 2.18. The van der Waals surface area contributed by atoms with E-state index in [1.807, 2.05) is 0 Å². The van der Waals surface area contributed by atoms with Crippen molar-refractivity contribution in [2.45, 2.75) is 335 Å². The second-order valence-corrected chi connectivity index (χ2v) is 21.3. The number of carbonyl (C=O) groups is 3. The summed E-state index contributed by atoms with van der Waals surface area (Å²) in [5.41, 5.74) is 0. The second-order valence-electron chi connectivity index (χ2n) is 21.3. The van der Waals surface area contributed by atoms with E-state index in [1.54, 1.807) is 0 Å². The minimum Gasteiger partial charge on any atom is -0.462 e. The summed E-state index contributed by atoms with van der Waals surface area (Å²) >= 11 is 0. The Morgan fingerprint density at radius 2 is 0.534 bits per heavy atom. The van der Waals surface area contributed by atoms with E-state index in [0.29, 0.717) is 19.3 Å². The number of allylic oxidation sites excluding steroid dienone is 10. The van der Waals surface area contributed by atoms with Gasteiger partial charge in [0.2, 0.25) is 0 Å². The Balaban J connectivity index is 4.19. The first-order valence-corrected chi connectivity index (χ1v) is 31.8. The average molecular weight is 1020 g/mol. The summed E-state index contributed by atoms with van der Waals surface area (Å²) in [7, 11) is 0. The molecule has 0 heterocycles. The third kappa shape index (κ3) is 59.9. The van der Waals surface area contributed by atoms with Gasteiger partial charge in [0.25, 0.3) is 0 Å². The van der Waals surface area contributed by atoms with Gasteiger partial charge in [-0.15, -0.1) is 0 Å². The fraction of sp³-hybridized carbons (Fsp3) is 0.806. The van der Waals surface area contributed by atoms with Crippen molar-refractivity contribution in [2.24, 2.45) is 0 Å². The molecule has 0 aromatic carbocycles. The lowest BCUT2D eigenvalue weighted by Gasteiger charge is -2.18. The van der Waals surface area contributed by atoms with Gasteiger partial charge >= 0.3 is 17.9 Å². The summed E-state index contributed by atoms with van der Waals surface area (Å²) in [6.45, 7) is 6.50. The Morgan fingerprint density at radius 3 is 0.904 bits per heavy atom. The standard InChI is InChI=1S/C67H120O6/c1-4-7-10-13-16-19-22-25-27-28-29-30-31-32-33-34-35-36-37-38-39-41-42-45-48-51-54-57-60-66(69)72-63-64(62-71-65(68)59-56-53-50-47-44-24-21-18-15-12-9-6-3)73-67(70)61-58-55-52-49-46-43-40-26-23-20-17-14-11-8-5-2/h8,11,17-18,20-21,26,40,46,49,64H,4-7,9-10,12-16,19,22-25,27-39,41-45,47-48,50-63H2,1-3H3/b11-8-,20-17-,21-18-,40-26-,49-46-. The Labute approximate surface area is 453 Å². The predicted octanol–water partition coefficient (Wildman–Crippen LogP) is 21.6. The minimum atomic E-state index is -0.798. The molecule has 0 aliphatic carbocycles. The molecular weight excluding hydrogens is 901 g/mol. The average Bonchev–Trinajstić information content (AvgIpc) is 3.39. The highest BCUT2D eigenvalue weighted by atomic mass is 16.6. The fourth-order valence-electron chi connectivity index (χ4n) is 9.25. The van der Waals surface area contributed by atoms with Crippen molar-refractivity contribution in [3.63, 3.8) is 0 Å². The Hall–Kier alpha value is -2.89. The molecule has 1 unspecified atom stereocenters. The lowest BCUT2D eigenvalue weighted by molar-refractivity contribution is -0.167. The van der Waals surface area contributed by atoms with Crippen molar-refractivity contribution in [3.05, 3.63) is 60.8 Å². The summed E-state index contributed by atoms with van der Waals surface area (Å²) in [5, 5.41) is 0. The molecule has 0 aromatic rings. The van der Waals surface area contributed by atoms with Crippen molar-refractivity contribution in [1.29, 1.82) is 0 Å². The molecule has 0 rings (SSSR count). The number of unbranched alkanes of at least 4 members (excludes halogenated alkanes) is 37. The number of esters is 3. The highest BCUT2D eigenvalue weighted by Gasteiger charge is 2.19. The molecule has 424 valence electrons. The van der Waals surface area contributed by atoms with E-state index in [1.165, 1.54) is 199 Å². The Morgan fingerprint density at radius 1 is 0.288 bits per heavy atom. The van der Waals surface area contributed by atoms with Crippen molar-refractivity contribution >= 4 is 17.9 Å². The van der Waals surface area contributed by atoms with E-state index >= 15 is 0 Å². The molecule has 0 saturated heterocycles. The van der Waals surface area contributed by atoms with E-state index in [9.17, 15) is 14.4 Å². The first-order chi connectivity index (χ1) is 36.0. The van der Waals surface area contributed by atoms with Gasteiger partial charge in [-0.3, -0.25) is 14.4 Å². The van der Waals surface area contributed by atoms with Gasteiger partial charge < -0.3 is 14.2 Å². The summed E-state index contributed by atoms with van der Waals surface area (Å²) in [4.78, 5) is 38.2. The molecule has 0 amide bonds. The Bertz CT molecular complexity index is 1310. The third-order valence-electron chi connectivity index (χ3n) is 14.0. The van der Waals surface area contributed by atoms with Crippen LogP contribution in [-0.4, -0.2) is 37.2 Å². The van der Waals surface area contributed by atoms with Crippen LogP contribution in [0.2, 0.25) is 0 Å². The number of hydrogen-bond acceptors (Lipinski definition) is 6. The molecule has 0 aliphatic heterocycles. The molecule has 0 N–H and O–H groups in total. The van der Waals surface area contributed by atoms with E-state index in [4.69, 9.17) is 14.2 Å². The van der Waals surface area contributed by atoms with Crippen LogP contribution >= 0.6 is 0 Å². The van der Waals surface area contributed by atoms with Gasteiger partial charge in [0.1, 0.15) is 13.2 Å². The molecule has 0 aromatic heterocycles. The van der Waals surface area contributed by atoms with Crippen LogP contribution < -0.4 is 0 Å². The largest absolute Gasteiger partial charge is 0.462 e. The Kier molecular flexibility index (Phi) is 59.2. The lowest BCUT2D eigenvalue weighted by Crippen LogP contribution is -2.30. The van der Waals surface area contributed by atoms with E-state index in [-0.39, 0.29) is 37.5 Å². The normalized spacial score (nSPS) is 12.4. The lowest BCUT2D eigenvalue weighted by atomic mass is 10.0. The van der Waals surface area contributed by atoms with Crippen molar-refractivity contribution < 1.29 is 28.6 Å². The maximum absolute atomic E-state index is 12.8. The van der Waals surface area contributed by atoms with Gasteiger partial charge in [0, 0.05) is 19.3 Å². The highest BCUT2D eigenvalue weighted by molar-refractivity contribution is 5.71. The molecule has 73 heavy (non-hydrogen) atoms. The first-order valence-electron chi connectivity index (χ1n) is 31.8. The van der Waals surface area contributed by atoms with Gasteiger partial charge in [-0.2, -0.15) is 0 Å². The molecule has 0 fully saturated rings. The molecule has 6 heteroatoms. The molecule has 0 saturated carbocycles. The number of hydrogen-bond donors (Lipinski definition) is 0. The van der Waals surface area contributed by atoms with E-state index in [2.05, 4.69) is 81.5 Å². The second kappa shape index (κ2) is 61.7. The monoisotopic (exact) mass is 1020 g/mol. The molecule has 0 bridgehead atoms. The summed E-state index contributed by atoms with van der Waals surface area (Å²) in [6, 6.07) is 0. The maximum Gasteiger partial charge on any atom is 0.306 e. The summed E-state index contributed by atoms with van der Waals surface area (Å²) in [6.07, 6.45) is 78.3. The summed E-state index contributed by atoms with van der Waals surface area (Å²) < 4.78 is 16.8. The fourth-order valence-corrected chi connectivity index (χ4v) is 9.25. The van der Waals surface area contributed by atoms with Gasteiger partial charge in [-0.05, 0) is 83.5 Å². The zero-order chi connectivity index (χ0) is 52.9. The van der Waals surface area contributed by atoms with Crippen LogP contribution in [-0.2, 0) is 28.6 Å². The predicted molar refractivity (Wildman–Crippen MR) is 316 cm³/mol. The minimum absolute atomic E-state index is 0.0909. The van der Waals surface area contributed by atoms with Gasteiger partial charge in [-0.25, -0.2) is 0 Å². The molecule has 0 spiro atoms. The first kappa shape index (κ1) is 70.1. The van der Waals surface area contributed by atoms with Crippen LogP contribution in [0, 0.1) is 0 Å². The number of ether oxygens (including phenoxy) is 3. The van der Waals surface area contributed by atoms with Gasteiger partial charge in [-0.1, -0.05) is 287 Å². The summed E-state index contributed by atoms with van der Waals surface area (Å²) in [5.74, 6) is -0.929. The molecule has 6 nitrogen and oxygen atoms in total. The zero-order valence-electron chi connectivity index (χ0n) is 48.7. The molecule has 0 radical (unpaired) electrons. The van der Waals surface area contributed by atoms with Gasteiger partial charge in [0.05, 0.1) is 0 Å². The van der Waals surface area contributed by atoms with Gasteiger partial charge in [0.15, 0.2) is 6.10 Å². The molecule has 0 aliphatic rings. The van der Waals surface area contributed by atoms with E-state index < -0.39 is 6.10 Å². The van der Waals surface area contributed by atoms with Crippen LogP contribution in [0.15, 0.2) is 60.8 Å². The SMILES string of the molecule is CC/C=C\C/C=C\C/C=C\C/C=C\CCCCC(=O)OC(COC(=O)CCCCCCC/C=C\CCCCC)COC(=O)CCCCCCCCCCCCCCCCCCCCCCCCCCCCCC. The zero-order valence-corrected chi connectivity index (χ0v) is 48.7. The smallest absolute Gasteiger partial charge is 0.306 e. The van der Waals surface area contributed by atoms with Crippen molar-refractivity contribution in [3.8, 4) is 0 Å². The van der Waals surface area contributed by atoms with Crippen LogP contribution in [0.5, 0.6) is 0 Å². The topological polar surface area (TPSA) is 78.9 Å². The van der Waals surface area contributed by atoms with E-state index in [0.717, 1.165) is 83.5 Å². The molecular formula is C67H120O6. The van der Waals surface area contributed by atoms with Crippen molar-refractivity contribution in [1.82, 2.24) is 0 Å². The number of rotatable bonds is 58. The number of carbonyl (C=O) groups excluding carboxylic acids is 3. The maximum atomic E-state index is 12.8.